The molecule has 1 N–H and O–H groups in total. The van der Waals surface area contributed by atoms with E-state index in [0.717, 1.165) is 21.7 Å². The molecule has 4 nitrogen and oxygen atoms in total. The lowest BCUT2D eigenvalue weighted by atomic mass is 10.1. The smallest absolute Gasteiger partial charge is 0.246 e. The number of anilines is 1. The fourth-order valence-electron chi connectivity index (χ4n) is 2.15. The van der Waals surface area contributed by atoms with Gasteiger partial charge in [-0.05, 0) is 42.5 Å². The van der Waals surface area contributed by atoms with E-state index in [9.17, 15) is 9.59 Å². The Kier molecular flexibility index (Phi) is 5.71. The maximum Gasteiger partial charge on any atom is 0.246 e. The zero-order valence-corrected chi connectivity index (χ0v) is 14.3. The van der Waals surface area contributed by atoms with Crippen LogP contribution in [0.3, 0.4) is 0 Å². The SMILES string of the molecule is Cc1cccc(C)c1NC(=O)CN(C)C(=O)/C=C/c1cccs1. The molecular formula is C18H20N2O2S. The van der Waals surface area contributed by atoms with Crippen LogP contribution in [-0.2, 0) is 9.59 Å². The molecule has 0 aliphatic rings. The van der Waals surface area contributed by atoms with E-state index in [2.05, 4.69) is 5.32 Å². The van der Waals surface area contributed by atoms with Crippen LogP contribution < -0.4 is 5.32 Å². The molecule has 0 bridgehead atoms. The maximum absolute atomic E-state index is 12.1. The van der Waals surface area contributed by atoms with E-state index in [1.165, 1.54) is 11.0 Å². The second kappa shape index (κ2) is 7.74. The highest BCUT2D eigenvalue weighted by Gasteiger charge is 2.12. The molecule has 2 rings (SSSR count). The van der Waals surface area contributed by atoms with Crippen molar-refractivity contribution in [2.24, 2.45) is 0 Å². The van der Waals surface area contributed by atoms with E-state index < -0.39 is 0 Å². The second-order valence-electron chi connectivity index (χ2n) is 5.36. The molecule has 0 atom stereocenters. The van der Waals surface area contributed by atoms with Crippen LogP contribution >= 0.6 is 11.3 Å². The summed E-state index contributed by atoms with van der Waals surface area (Å²) in [5, 5.41) is 4.83. The number of rotatable bonds is 5. The first-order valence-corrected chi connectivity index (χ1v) is 8.18. The molecule has 23 heavy (non-hydrogen) atoms. The Balaban J connectivity index is 1.93. The highest BCUT2D eigenvalue weighted by molar-refractivity contribution is 7.10. The van der Waals surface area contributed by atoms with Gasteiger partial charge in [-0.25, -0.2) is 0 Å². The predicted molar refractivity (Wildman–Crippen MR) is 95.5 cm³/mol. The summed E-state index contributed by atoms with van der Waals surface area (Å²) in [6, 6.07) is 9.70. The van der Waals surface area contributed by atoms with Gasteiger partial charge in [0, 0.05) is 23.7 Å². The molecule has 0 saturated heterocycles. The van der Waals surface area contributed by atoms with E-state index in [4.69, 9.17) is 0 Å². The molecule has 1 aromatic heterocycles. The highest BCUT2D eigenvalue weighted by atomic mass is 32.1. The summed E-state index contributed by atoms with van der Waals surface area (Å²) >= 11 is 1.56. The minimum Gasteiger partial charge on any atom is -0.333 e. The summed E-state index contributed by atoms with van der Waals surface area (Å²) < 4.78 is 0. The average molecular weight is 328 g/mol. The van der Waals surface area contributed by atoms with Crippen molar-refractivity contribution in [1.29, 1.82) is 0 Å². The number of carbonyl (C=O) groups is 2. The zero-order valence-electron chi connectivity index (χ0n) is 13.5. The fourth-order valence-corrected chi connectivity index (χ4v) is 2.77. The number of carbonyl (C=O) groups excluding carboxylic acids is 2. The largest absolute Gasteiger partial charge is 0.333 e. The fraction of sp³-hybridized carbons (Fsp3) is 0.222. The van der Waals surface area contributed by atoms with Gasteiger partial charge < -0.3 is 10.2 Å². The number of hydrogen-bond acceptors (Lipinski definition) is 3. The minimum absolute atomic E-state index is 0.0153. The standard InChI is InChI=1S/C18H20N2O2S/c1-13-6-4-7-14(2)18(13)19-16(21)12-20(3)17(22)10-9-15-8-5-11-23-15/h4-11H,12H2,1-3H3,(H,19,21)/b10-9+. The molecule has 0 spiro atoms. The third-order valence-corrected chi connectivity index (χ3v) is 4.27. The third kappa shape index (κ3) is 4.79. The predicted octanol–water partition coefficient (Wildman–Crippen LogP) is 3.48. The van der Waals surface area contributed by atoms with Crippen molar-refractivity contribution >= 4 is 34.9 Å². The molecule has 1 aromatic carbocycles. The monoisotopic (exact) mass is 328 g/mol. The number of amides is 2. The van der Waals surface area contributed by atoms with Crippen LogP contribution in [0, 0.1) is 13.8 Å². The van der Waals surface area contributed by atoms with Crippen LogP contribution in [0.15, 0.2) is 41.8 Å². The molecule has 0 fully saturated rings. The van der Waals surface area contributed by atoms with Crippen molar-refractivity contribution in [1.82, 2.24) is 4.90 Å². The van der Waals surface area contributed by atoms with Crippen molar-refractivity contribution in [3.05, 3.63) is 57.8 Å². The van der Waals surface area contributed by atoms with Gasteiger partial charge in [-0.2, -0.15) is 0 Å². The Hall–Kier alpha value is -2.40. The van der Waals surface area contributed by atoms with Crippen LogP contribution in [0.1, 0.15) is 16.0 Å². The molecule has 0 aliphatic carbocycles. The van der Waals surface area contributed by atoms with Gasteiger partial charge >= 0.3 is 0 Å². The van der Waals surface area contributed by atoms with Crippen LogP contribution in [0.5, 0.6) is 0 Å². The van der Waals surface area contributed by atoms with E-state index in [1.54, 1.807) is 24.5 Å². The van der Waals surface area contributed by atoms with Crippen LogP contribution in [0.2, 0.25) is 0 Å². The van der Waals surface area contributed by atoms with Crippen molar-refractivity contribution in [3.63, 3.8) is 0 Å². The molecule has 5 heteroatoms. The first kappa shape index (κ1) is 17.0. The molecule has 120 valence electrons. The van der Waals surface area contributed by atoms with Gasteiger partial charge in [0.25, 0.3) is 0 Å². The number of aryl methyl sites for hydroxylation is 2. The van der Waals surface area contributed by atoms with Crippen molar-refractivity contribution in [2.75, 3.05) is 18.9 Å². The van der Waals surface area contributed by atoms with Crippen LogP contribution in [-0.4, -0.2) is 30.3 Å². The minimum atomic E-state index is -0.206. The van der Waals surface area contributed by atoms with Crippen LogP contribution in [0.4, 0.5) is 5.69 Å². The van der Waals surface area contributed by atoms with Crippen molar-refractivity contribution in [3.8, 4) is 0 Å². The lowest BCUT2D eigenvalue weighted by Crippen LogP contribution is -2.34. The number of likely N-dealkylation sites (N-methyl/N-ethyl adjacent to an activating group) is 1. The summed E-state index contributed by atoms with van der Waals surface area (Å²) in [6.07, 6.45) is 3.24. The van der Waals surface area contributed by atoms with Gasteiger partial charge in [0.1, 0.15) is 0 Å². The molecule has 2 aromatic rings. The van der Waals surface area contributed by atoms with Crippen LogP contribution in [0.25, 0.3) is 6.08 Å². The second-order valence-corrected chi connectivity index (χ2v) is 6.34. The number of benzene rings is 1. The zero-order chi connectivity index (χ0) is 16.8. The summed E-state index contributed by atoms with van der Waals surface area (Å²) in [5.41, 5.74) is 2.82. The van der Waals surface area contributed by atoms with Gasteiger partial charge in [0.2, 0.25) is 11.8 Å². The van der Waals surface area contributed by atoms with Gasteiger partial charge in [-0.1, -0.05) is 24.3 Å². The Morgan fingerprint density at radius 2 is 1.87 bits per heavy atom. The van der Waals surface area contributed by atoms with E-state index in [0.29, 0.717) is 0 Å². The Morgan fingerprint density at radius 1 is 1.17 bits per heavy atom. The summed E-state index contributed by atoms with van der Waals surface area (Å²) in [7, 11) is 1.62. The number of thiophene rings is 1. The molecule has 0 unspecified atom stereocenters. The van der Waals surface area contributed by atoms with Gasteiger partial charge in [-0.3, -0.25) is 9.59 Å². The molecule has 0 saturated carbocycles. The molecule has 2 amide bonds. The Labute approximate surface area is 140 Å². The average Bonchev–Trinajstić information content (AvgIpc) is 3.02. The van der Waals surface area contributed by atoms with E-state index in [1.807, 2.05) is 49.6 Å². The van der Waals surface area contributed by atoms with Crippen molar-refractivity contribution in [2.45, 2.75) is 13.8 Å². The Bertz CT molecular complexity index is 700. The lowest BCUT2D eigenvalue weighted by Gasteiger charge is -2.16. The van der Waals surface area contributed by atoms with Gasteiger partial charge in [-0.15, -0.1) is 11.3 Å². The normalized spacial score (nSPS) is 10.7. The lowest BCUT2D eigenvalue weighted by molar-refractivity contribution is -0.129. The van der Waals surface area contributed by atoms with Gasteiger partial charge in [0.15, 0.2) is 0 Å². The highest BCUT2D eigenvalue weighted by Crippen LogP contribution is 2.19. The first-order chi connectivity index (χ1) is 11.0. The van der Waals surface area contributed by atoms with Gasteiger partial charge in [0.05, 0.1) is 6.54 Å². The van der Waals surface area contributed by atoms with Crippen molar-refractivity contribution < 1.29 is 9.59 Å². The number of nitrogens with one attached hydrogen (secondary N) is 1. The third-order valence-electron chi connectivity index (χ3n) is 3.44. The van der Waals surface area contributed by atoms with E-state index in [-0.39, 0.29) is 18.4 Å². The number of hydrogen-bond donors (Lipinski definition) is 1. The number of nitrogens with zero attached hydrogens (tertiary/aromatic N) is 1. The molecule has 0 aliphatic heterocycles. The quantitative estimate of drug-likeness (QED) is 0.854. The summed E-state index contributed by atoms with van der Waals surface area (Å²) in [5.74, 6) is -0.405. The summed E-state index contributed by atoms with van der Waals surface area (Å²) in [6.45, 7) is 3.91. The topological polar surface area (TPSA) is 49.4 Å². The molecule has 1 heterocycles. The number of para-hydroxylation sites is 1. The molecular weight excluding hydrogens is 308 g/mol. The molecule has 0 radical (unpaired) electrons. The summed E-state index contributed by atoms with van der Waals surface area (Å²) in [4.78, 5) is 26.6. The van der Waals surface area contributed by atoms with E-state index >= 15 is 0 Å². The Morgan fingerprint density at radius 3 is 2.48 bits per heavy atom. The first-order valence-electron chi connectivity index (χ1n) is 7.30. The maximum atomic E-state index is 12.1.